The van der Waals surface area contributed by atoms with Crippen molar-refractivity contribution in [2.24, 2.45) is 0 Å². The summed E-state index contributed by atoms with van der Waals surface area (Å²) in [5.41, 5.74) is 8.69. The molecule has 4 aromatic rings. The topological polar surface area (TPSA) is 67.8 Å². The summed E-state index contributed by atoms with van der Waals surface area (Å²) < 4.78 is 0. The van der Waals surface area contributed by atoms with Crippen molar-refractivity contribution in [3.05, 3.63) is 89.0 Å². The molecule has 0 fully saturated rings. The zero-order valence-corrected chi connectivity index (χ0v) is 20.0. The van der Waals surface area contributed by atoms with Crippen LogP contribution in [-0.2, 0) is 4.79 Å². The Hall–Kier alpha value is -3.51. The fraction of sp³-hybridized carbons (Fsp3) is 0.185. The zero-order chi connectivity index (χ0) is 23.4. The maximum Gasteiger partial charge on any atom is 0.234 e. The number of nitrogens with zero attached hydrogens (tertiary/aromatic N) is 3. The fourth-order valence-corrected chi connectivity index (χ4v) is 4.09. The number of para-hydroxylation sites is 1. The summed E-state index contributed by atoms with van der Waals surface area (Å²) in [5.74, 6) is 0.104. The lowest BCUT2D eigenvalue weighted by Crippen LogP contribution is -2.16. The van der Waals surface area contributed by atoms with Gasteiger partial charge in [-0.2, -0.15) is 0 Å². The summed E-state index contributed by atoms with van der Waals surface area (Å²) in [5, 5.41) is 12.3. The van der Waals surface area contributed by atoms with E-state index in [-0.39, 0.29) is 11.7 Å². The molecule has 0 unspecified atom stereocenters. The summed E-state index contributed by atoms with van der Waals surface area (Å²) >= 11 is 1.28. The van der Waals surface area contributed by atoms with Crippen molar-refractivity contribution in [1.82, 2.24) is 15.2 Å². The summed E-state index contributed by atoms with van der Waals surface area (Å²) in [4.78, 5) is 17.4. The molecule has 1 amide bonds. The quantitative estimate of drug-likeness (QED) is 0.353. The Bertz CT molecular complexity index is 1260. The molecule has 0 saturated heterocycles. The van der Waals surface area contributed by atoms with E-state index < -0.39 is 0 Å². The minimum atomic E-state index is -0.0968. The Kier molecular flexibility index (Phi) is 6.84. The lowest BCUT2D eigenvalue weighted by atomic mass is 10.0. The van der Waals surface area contributed by atoms with Crippen molar-refractivity contribution in [3.63, 3.8) is 0 Å². The standard InChI is InChI=1S/C27H26N4OS/c1-17-8-12-21(13-9-17)25-26(22-14-10-18(2)11-15-22)30-31-27(29-25)33-16-23(32)28-24-19(3)6-5-7-20(24)4/h5-15H,16H2,1-4H3,(H,28,32). The van der Waals surface area contributed by atoms with Crippen LogP contribution in [0.15, 0.2) is 71.9 Å². The number of carbonyl (C=O) groups excluding carboxylic acids is 1. The molecular formula is C27H26N4OS. The molecule has 0 aliphatic heterocycles. The molecule has 0 aliphatic rings. The van der Waals surface area contributed by atoms with Gasteiger partial charge in [-0.05, 0) is 38.8 Å². The van der Waals surface area contributed by atoms with Crippen molar-refractivity contribution in [1.29, 1.82) is 0 Å². The number of rotatable bonds is 6. The number of amides is 1. The SMILES string of the molecule is Cc1ccc(-c2nnc(SCC(=O)Nc3c(C)cccc3C)nc2-c2ccc(C)cc2)cc1. The molecule has 3 aromatic carbocycles. The highest BCUT2D eigenvalue weighted by Gasteiger charge is 2.15. The van der Waals surface area contributed by atoms with Crippen LogP contribution in [0.4, 0.5) is 5.69 Å². The van der Waals surface area contributed by atoms with Crippen LogP contribution < -0.4 is 5.32 Å². The molecule has 0 spiro atoms. The third-order valence-corrected chi connectivity index (χ3v) is 6.23. The number of aromatic nitrogens is 3. The van der Waals surface area contributed by atoms with Gasteiger partial charge in [-0.25, -0.2) is 4.98 Å². The van der Waals surface area contributed by atoms with Crippen LogP contribution in [0.1, 0.15) is 22.3 Å². The average molecular weight is 455 g/mol. The van der Waals surface area contributed by atoms with Crippen LogP contribution in [0.2, 0.25) is 0 Å². The van der Waals surface area contributed by atoms with Gasteiger partial charge in [0.1, 0.15) is 11.4 Å². The third kappa shape index (κ3) is 5.46. The molecule has 1 heterocycles. The van der Waals surface area contributed by atoms with Crippen molar-refractivity contribution in [2.45, 2.75) is 32.9 Å². The minimum Gasteiger partial charge on any atom is -0.325 e. The van der Waals surface area contributed by atoms with Gasteiger partial charge in [0.25, 0.3) is 0 Å². The molecular weight excluding hydrogens is 428 g/mol. The van der Waals surface area contributed by atoms with Gasteiger partial charge in [-0.1, -0.05) is 89.6 Å². The van der Waals surface area contributed by atoms with E-state index >= 15 is 0 Å². The number of hydrogen-bond acceptors (Lipinski definition) is 5. The number of hydrogen-bond donors (Lipinski definition) is 1. The molecule has 1 N–H and O–H groups in total. The van der Waals surface area contributed by atoms with E-state index in [1.807, 2.05) is 56.3 Å². The van der Waals surface area contributed by atoms with E-state index in [9.17, 15) is 4.79 Å². The van der Waals surface area contributed by atoms with Gasteiger partial charge in [-0.15, -0.1) is 10.2 Å². The first-order valence-electron chi connectivity index (χ1n) is 10.8. The van der Waals surface area contributed by atoms with E-state index in [2.05, 4.69) is 53.6 Å². The lowest BCUT2D eigenvalue weighted by molar-refractivity contribution is -0.113. The number of benzene rings is 3. The fourth-order valence-electron chi connectivity index (χ4n) is 3.51. The summed E-state index contributed by atoms with van der Waals surface area (Å²) in [7, 11) is 0. The number of thioether (sulfide) groups is 1. The number of carbonyl (C=O) groups is 1. The smallest absolute Gasteiger partial charge is 0.234 e. The maximum atomic E-state index is 12.6. The molecule has 4 rings (SSSR count). The third-order valence-electron chi connectivity index (χ3n) is 5.40. The largest absolute Gasteiger partial charge is 0.325 e. The molecule has 0 radical (unpaired) electrons. The molecule has 1 aromatic heterocycles. The molecule has 6 heteroatoms. The first-order valence-corrected chi connectivity index (χ1v) is 11.8. The van der Waals surface area contributed by atoms with E-state index in [4.69, 9.17) is 4.98 Å². The van der Waals surface area contributed by atoms with Crippen molar-refractivity contribution in [2.75, 3.05) is 11.1 Å². The first kappa shape index (κ1) is 22.7. The van der Waals surface area contributed by atoms with Crippen LogP contribution in [-0.4, -0.2) is 26.8 Å². The van der Waals surface area contributed by atoms with E-state index in [1.54, 1.807) is 0 Å². The predicted molar refractivity (Wildman–Crippen MR) is 135 cm³/mol. The highest BCUT2D eigenvalue weighted by Crippen LogP contribution is 2.30. The van der Waals surface area contributed by atoms with Crippen LogP contribution in [0.25, 0.3) is 22.5 Å². The van der Waals surface area contributed by atoms with Crippen LogP contribution in [0.5, 0.6) is 0 Å². The predicted octanol–water partition coefficient (Wildman–Crippen LogP) is 6.17. The Morgan fingerprint density at radius 3 is 1.88 bits per heavy atom. The Morgan fingerprint density at radius 2 is 1.30 bits per heavy atom. The van der Waals surface area contributed by atoms with Gasteiger partial charge in [-0.3, -0.25) is 4.79 Å². The van der Waals surface area contributed by atoms with Gasteiger partial charge in [0.05, 0.1) is 5.75 Å². The maximum absolute atomic E-state index is 12.6. The number of aryl methyl sites for hydroxylation is 4. The Labute approximate surface area is 198 Å². The molecule has 0 bridgehead atoms. The molecule has 166 valence electrons. The van der Waals surface area contributed by atoms with Gasteiger partial charge < -0.3 is 5.32 Å². The van der Waals surface area contributed by atoms with Crippen LogP contribution in [0.3, 0.4) is 0 Å². The van der Waals surface area contributed by atoms with E-state index in [0.717, 1.165) is 39.3 Å². The molecule has 0 atom stereocenters. The molecule has 0 saturated carbocycles. The highest BCUT2D eigenvalue weighted by atomic mass is 32.2. The number of nitrogens with one attached hydrogen (secondary N) is 1. The summed E-state index contributed by atoms with van der Waals surface area (Å²) in [6.07, 6.45) is 0. The summed E-state index contributed by atoms with van der Waals surface area (Å²) in [6.45, 7) is 8.08. The molecule has 0 aliphatic carbocycles. The Balaban J connectivity index is 1.59. The van der Waals surface area contributed by atoms with Crippen molar-refractivity contribution in [3.8, 4) is 22.5 Å². The molecule has 5 nitrogen and oxygen atoms in total. The minimum absolute atomic E-state index is 0.0968. The second-order valence-electron chi connectivity index (χ2n) is 8.13. The first-order chi connectivity index (χ1) is 15.9. The number of anilines is 1. The lowest BCUT2D eigenvalue weighted by Gasteiger charge is -2.12. The second-order valence-corrected chi connectivity index (χ2v) is 9.07. The highest BCUT2D eigenvalue weighted by molar-refractivity contribution is 7.99. The van der Waals surface area contributed by atoms with Crippen molar-refractivity contribution < 1.29 is 4.79 Å². The van der Waals surface area contributed by atoms with Crippen LogP contribution in [0, 0.1) is 27.7 Å². The van der Waals surface area contributed by atoms with E-state index in [1.165, 1.54) is 22.9 Å². The van der Waals surface area contributed by atoms with Crippen molar-refractivity contribution >= 4 is 23.4 Å². The molecule has 33 heavy (non-hydrogen) atoms. The second kappa shape index (κ2) is 9.96. The normalized spacial score (nSPS) is 10.8. The monoisotopic (exact) mass is 454 g/mol. The zero-order valence-electron chi connectivity index (χ0n) is 19.2. The van der Waals surface area contributed by atoms with Gasteiger partial charge in [0.2, 0.25) is 11.1 Å². The van der Waals surface area contributed by atoms with Gasteiger partial charge >= 0.3 is 0 Å². The average Bonchev–Trinajstić information content (AvgIpc) is 2.81. The summed E-state index contributed by atoms with van der Waals surface area (Å²) in [6, 6.07) is 22.3. The van der Waals surface area contributed by atoms with Gasteiger partial charge in [0.15, 0.2) is 0 Å². The van der Waals surface area contributed by atoms with Gasteiger partial charge in [0, 0.05) is 16.8 Å². The van der Waals surface area contributed by atoms with Crippen LogP contribution >= 0.6 is 11.8 Å². The Morgan fingerprint density at radius 1 is 0.758 bits per heavy atom. The van der Waals surface area contributed by atoms with E-state index in [0.29, 0.717) is 5.16 Å².